The lowest BCUT2D eigenvalue weighted by molar-refractivity contribution is -0.149. The summed E-state index contributed by atoms with van der Waals surface area (Å²) in [6.45, 7) is 2.73. The van der Waals surface area contributed by atoms with E-state index in [-0.39, 0.29) is 4.90 Å². The molecule has 0 fully saturated rings. The second-order valence-electron chi connectivity index (χ2n) is 4.44. The Morgan fingerprint density at radius 2 is 1.81 bits per heavy atom. The van der Waals surface area contributed by atoms with Crippen molar-refractivity contribution in [1.29, 1.82) is 0 Å². The van der Waals surface area contributed by atoms with E-state index in [1.165, 1.54) is 26.1 Å². The van der Waals surface area contributed by atoms with Crippen molar-refractivity contribution >= 4 is 21.9 Å². The van der Waals surface area contributed by atoms with Gasteiger partial charge in [-0.3, -0.25) is 9.59 Å². The first-order chi connectivity index (χ1) is 9.76. The number of sulfonamides is 1. The van der Waals surface area contributed by atoms with Crippen molar-refractivity contribution in [3.05, 3.63) is 29.8 Å². The highest BCUT2D eigenvalue weighted by Crippen LogP contribution is 2.10. The number of nitrogens with one attached hydrogen (secondary N) is 2. The van der Waals surface area contributed by atoms with Gasteiger partial charge in [0.2, 0.25) is 10.0 Å². The van der Waals surface area contributed by atoms with Crippen molar-refractivity contribution in [2.75, 3.05) is 13.7 Å². The van der Waals surface area contributed by atoms with Gasteiger partial charge in [-0.05, 0) is 26.0 Å². The molecule has 0 saturated heterocycles. The Hall–Kier alpha value is -1.93. The molecule has 1 aromatic rings. The first-order valence-corrected chi connectivity index (χ1v) is 7.71. The quantitative estimate of drug-likeness (QED) is 0.717. The van der Waals surface area contributed by atoms with E-state index in [0.717, 1.165) is 5.56 Å². The molecule has 7 nitrogen and oxygen atoms in total. The topological polar surface area (TPSA) is 102 Å². The molecule has 0 aliphatic rings. The zero-order valence-electron chi connectivity index (χ0n) is 12.0. The summed E-state index contributed by atoms with van der Waals surface area (Å²) in [5.41, 5.74) is 0.923. The molecule has 0 radical (unpaired) electrons. The molecule has 0 aliphatic heterocycles. The van der Waals surface area contributed by atoms with Crippen molar-refractivity contribution < 1.29 is 22.7 Å². The van der Waals surface area contributed by atoms with E-state index in [2.05, 4.69) is 14.8 Å². The van der Waals surface area contributed by atoms with Gasteiger partial charge in [0, 0.05) is 7.05 Å². The minimum absolute atomic E-state index is 0.0547. The lowest BCUT2D eigenvalue weighted by Crippen LogP contribution is -2.40. The average molecular weight is 314 g/mol. The highest BCUT2D eigenvalue weighted by atomic mass is 32.2. The van der Waals surface area contributed by atoms with E-state index in [1.807, 2.05) is 6.92 Å². The van der Waals surface area contributed by atoms with Crippen LogP contribution in [0.1, 0.15) is 12.5 Å². The van der Waals surface area contributed by atoms with Crippen molar-refractivity contribution in [3.8, 4) is 0 Å². The van der Waals surface area contributed by atoms with Gasteiger partial charge < -0.3 is 10.1 Å². The minimum Gasteiger partial charge on any atom is -0.454 e. The maximum absolute atomic E-state index is 12.1. The molecule has 1 atom stereocenters. The summed E-state index contributed by atoms with van der Waals surface area (Å²) in [5.74, 6) is -1.30. The van der Waals surface area contributed by atoms with Gasteiger partial charge in [0.25, 0.3) is 5.91 Å². The van der Waals surface area contributed by atoms with Crippen LogP contribution in [-0.2, 0) is 24.3 Å². The molecule has 2 N–H and O–H groups in total. The SMILES string of the molecule is CNC(=O)COC(=O)[C@H](C)NS(=O)(=O)c1ccc(C)cc1. The summed E-state index contributed by atoms with van der Waals surface area (Å²) < 4.78 is 31.0. The standard InChI is InChI=1S/C13H18N2O5S/c1-9-4-6-11(7-5-9)21(18,19)15-10(2)13(17)20-8-12(16)14-3/h4-7,10,15H,8H2,1-3H3,(H,14,16)/t10-/m0/s1. The summed E-state index contributed by atoms with van der Waals surface area (Å²) in [7, 11) is -2.41. The molecule has 0 spiro atoms. The Bertz CT molecular complexity index is 610. The molecule has 116 valence electrons. The monoisotopic (exact) mass is 314 g/mol. The van der Waals surface area contributed by atoms with Gasteiger partial charge in [0.15, 0.2) is 6.61 Å². The summed E-state index contributed by atoms with van der Waals surface area (Å²) in [6.07, 6.45) is 0. The van der Waals surface area contributed by atoms with Crippen LogP contribution >= 0.6 is 0 Å². The lowest BCUT2D eigenvalue weighted by atomic mass is 10.2. The van der Waals surface area contributed by atoms with Crippen LogP contribution in [0.15, 0.2) is 29.2 Å². The average Bonchev–Trinajstić information content (AvgIpc) is 2.44. The van der Waals surface area contributed by atoms with E-state index in [0.29, 0.717) is 0 Å². The van der Waals surface area contributed by atoms with E-state index < -0.39 is 34.5 Å². The molecule has 0 saturated carbocycles. The summed E-state index contributed by atoms with van der Waals surface area (Å²) >= 11 is 0. The van der Waals surface area contributed by atoms with Crippen LogP contribution in [0.3, 0.4) is 0 Å². The number of hydrogen-bond acceptors (Lipinski definition) is 5. The number of ether oxygens (including phenoxy) is 1. The van der Waals surface area contributed by atoms with Gasteiger partial charge in [0.05, 0.1) is 4.90 Å². The number of esters is 1. The Kier molecular flexibility index (Phi) is 5.86. The third-order valence-electron chi connectivity index (χ3n) is 2.64. The first-order valence-electron chi connectivity index (χ1n) is 6.22. The van der Waals surface area contributed by atoms with Gasteiger partial charge >= 0.3 is 5.97 Å². The van der Waals surface area contributed by atoms with Crippen LogP contribution < -0.4 is 10.0 Å². The molecule has 0 bridgehead atoms. The Balaban J connectivity index is 2.68. The molecule has 21 heavy (non-hydrogen) atoms. The Morgan fingerprint density at radius 3 is 2.33 bits per heavy atom. The van der Waals surface area contributed by atoms with Crippen LogP contribution in [0.2, 0.25) is 0 Å². The summed E-state index contributed by atoms with van der Waals surface area (Å²) in [6, 6.07) is 5.10. The molecule has 0 unspecified atom stereocenters. The van der Waals surface area contributed by atoms with E-state index in [1.54, 1.807) is 12.1 Å². The van der Waals surface area contributed by atoms with Crippen molar-refractivity contribution in [3.63, 3.8) is 0 Å². The molecule has 1 aromatic carbocycles. The predicted molar refractivity (Wildman–Crippen MR) is 76.0 cm³/mol. The highest BCUT2D eigenvalue weighted by molar-refractivity contribution is 7.89. The van der Waals surface area contributed by atoms with Gasteiger partial charge in [-0.25, -0.2) is 8.42 Å². The number of likely N-dealkylation sites (N-methyl/N-ethyl adjacent to an activating group) is 1. The molecular formula is C13H18N2O5S. The van der Waals surface area contributed by atoms with Crippen molar-refractivity contribution in [2.24, 2.45) is 0 Å². The van der Waals surface area contributed by atoms with Crippen LogP contribution in [-0.4, -0.2) is 40.0 Å². The van der Waals surface area contributed by atoms with Crippen molar-refractivity contribution in [1.82, 2.24) is 10.0 Å². The van der Waals surface area contributed by atoms with Gasteiger partial charge in [-0.15, -0.1) is 0 Å². The number of benzene rings is 1. The molecule has 0 heterocycles. The summed E-state index contributed by atoms with van der Waals surface area (Å²) in [4.78, 5) is 22.6. The smallest absolute Gasteiger partial charge is 0.324 e. The fourth-order valence-electron chi connectivity index (χ4n) is 1.40. The third kappa shape index (κ3) is 5.16. The molecular weight excluding hydrogens is 296 g/mol. The Labute approximate surface area is 123 Å². The van der Waals surface area contributed by atoms with Crippen LogP contribution in [0, 0.1) is 6.92 Å². The van der Waals surface area contributed by atoms with Gasteiger partial charge in [-0.2, -0.15) is 4.72 Å². The second kappa shape index (κ2) is 7.19. The Morgan fingerprint density at radius 1 is 1.24 bits per heavy atom. The fraction of sp³-hybridized carbons (Fsp3) is 0.385. The lowest BCUT2D eigenvalue weighted by Gasteiger charge is -2.13. The van der Waals surface area contributed by atoms with Crippen LogP contribution in [0.25, 0.3) is 0 Å². The summed E-state index contributed by atoms with van der Waals surface area (Å²) in [5, 5.41) is 2.28. The maximum atomic E-state index is 12.1. The number of hydrogen-bond donors (Lipinski definition) is 2. The molecule has 1 amide bonds. The molecule has 0 aromatic heterocycles. The number of rotatable bonds is 6. The molecule has 8 heteroatoms. The van der Waals surface area contributed by atoms with Crippen LogP contribution in [0.4, 0.5) is 0 Å². The van der Waals surface area contributed by atoms with Crippen molar-refractivity contribution in [2.45, 2.75) is 24.8 Å². The number of amides is 1. The zero-order chi connectivity index (χ0) is 16.0. The van der Waals surface area contributed by atoms with E-state index in [9.17, 15) is 18.0 Å². The normalized spacial score (nSPS) is 12.5. The number of carbonyl (C=O) groups is 2. The molecule has 1 rings (SSSR count). The zero-order valence-corrected chi connectivity index (χ0v) is 12.9. The highest BCUT2D eigenvalue weighted by Gasteiger charge is 2.23. The van der Waals surface area contributed by atoms with Gasteiger partial charge in [0.1, 0.15) is 6.04 Å². The number of aryl methyl sites for hydroxylation is 1. The van der Waals surface area contributed by atoms with E-state index >= 15 is 0 Å². The maximum Gasteiger partial charge on any atom is 0.324 e. The fourth-order valence-corrected chi connectivity index (χ4v) is 2.59. The second-order valence-corrected chi connectivity index (χ2v) is 6.15. The van der Waals surface area contributed by atoms with Crippen LogP contribution in [0.5, 0.6) is 0 Å². The molecule has 0 aliphatic carbocycles. The van der Waals surface area contributed by atoms with E-state index in [4.69, 9.17) is 0 Å². The minimum atomic E-state index is -3.82. The number of carbonyl (C=O) groups excluding carboxylic acids is 2. The van der Waals surface area contributed by atoms with Gasteiger partial charge in [-0.1, -0.05) is 17.7 Å². The third-order valence-corrected chi connectivity index (χ3v) is 4.20. The first kappa shape index (κ1) is 17.1. The predicted octanol–water partition coefficient (Wildman–Crippen LogP) is -0.0490. The largest absolute Gasteiger partial charge is 0.454 e.